The number of aliphatic carboxylic acids is 1. The van der Waals surface area contributed by atoms with Gasteiger partial charge in [0.1, 0.15) is 0 Å². The summed E-state index contributed by atoms with van der Waals surface area (Å²) >= 11 is 0. The SMILES string of the molecule is CC(C)N(CCO)CC(=O)NCCCC(=O)O. The maximum Gasteiger partial charge on any atom is 0.303 e. The number of nitrogens with zero attached hydrogens (tertiary/aromatic N) is 1. The molecule has 0 atom stereocenters. The number of carboxylic acid groups (broad SMARTS) is 1. The molecule has 0 bridgehead atoms. The van der Waals surface area contributed by atoms with Crippen molar-refractivity contribution in [1.29, 1.82) is 0 Å². The van der Waals surface area contributed by atoms with Crippen molar-refractivity contribution in [3.8, 4) is 0 Å². The molecule has 0 aliphatic rings. The van der Waals surface area contributed by atoms with E-state index < -0.39 is 5.97 Å². The van der Waals surface area contributed by atoms with Crippen molar-refractivity contribution in [3.63, 3.8) is 0 Å². The Hall–Kier alpha value is -1.14. The molecule has 0 unspecified atom stereocenters. The third-order valence-electron chi connectivity index (χ3n) is 2.35. The van der Waals surface area contributed by atoms with Crippen LogP contribution in [-0.4, -0.2) is 59.3 Å². The second kappa shape index (κ2) is 8.95. The van der Waals surface area contributed by atoms with Gasteiger partial charge in [-0.3, -0.25) is 14.5 Å². The normalized spacial score (nSPS) is 10.9. The maximum atomic E-state index is 11.5. The van der Waals surface area contributed by atoms with Crippen LogP contribution in [0.25, 0.3) is 0 Å². The predicted octanol–water partition coefficient (Wildman–Crippen LogP) is -0.330. The fourth-order valence-corrected chi connectivity index (χ4v) is 1.36. The zero-order valence-electron chi connectivity index (χ0n) is 10.5. The summed E-state index contributed by atoms with van der Waals surface area (Å²) in [4.78, 5) is 23.6. The molecule has 0 heterocycles. The Bertz CT molecular complexity index is 244. The molecule has 0 radical (unpaired) electrons. The molecule has 0 aliphatic carbocycles. The summed E-state index contributed by atoms with van der Waals surface area (Å²) < 4.78 is 0. The topological polar surface area (TPSA) is 89.9 Å². The molecule has 0 saturated heterocycles. The lowest BCUT2D eigenvalue weighted by atomic mass is 10.3. The third kappa shape index (κ3) is 8.65. The molecule has 3 N–H and O–H groups in total. The first-order valence-electron chi connectivity index (χ1n) is 5.80. The van der Waals surface area contributed by atoms with Gasteiger partial charge in [0.05, 0.1) is 13.2 Å². The molecule has 1 amide bonds. The second-order valence-electron chi connectivity index (χ2n) is 4.14. The number of aliphatic hydroxyl groups excluding tert-OH is 1. The average Bonchev–Trinajstić information content (AvgIpc) is 2.23. The van der Waals surface area contributed by atoms with Gasteiger partial charge in [-0.05, 0) is 20.3 Å². The van der Waals surface area contributed by atoms with Crippen LogP contribution in [-0.2, 0) is 9.59 Å². The van der Waals surface area contributed by atoms with E-state index in [2.05, 4.69) is 5.32 Å². The Morgan fingerprint density at radius 2 is 2.00 bits per heavy atom. The summed E-state index contributed by atoms with van der Waals surface area (Å²) in [6.07, 6.45) is 0.494. The lowest BCUT2D eigenvalue weighted by molar-refractivity contribution is -0.137. The van der Waals surface area contributed by atoms with Gasteiger partial charge < -0.3 is 15.5 Å². The number of carbonyl (C=O) groups excluding carboxylic acids is 1. The minimum atomic E-state index is -0.858. The van der Waals surface area contributed by atoms with Crippen molar-refractivity contribution in [2.24, 2.45) is 0 Å². The van der Waals surface area contributed by atoms with Gasteiger partial charge in [-0.25, -0.2) is 0 Å². The minimum Gasteiger partial charge on any atom is -0.481 e. The Kier molecular flexibility index (Phi) is 8.35. The highest BCUT2D eigenvalue weighted by Gasteiger charge is 2.12. The monoisotopic (exact) mass is 246 g/mol. The Morgan fingerprint density at radius 1 is 1.35 bits per heavy atom. The summed E-state index contributed by atoms with van der Waals surface area (Å²) in [5, 5.41) is 19.9. The van der Waals surface area contributed by atoms with E-state index >= 15 is 0 Å². The molecule has 0 aliphatic heterocycles. The van der Waals surface area contributed by atoms with Crippen LogP contribution >= 0.6 is 0 Å². The van der Waals surface area contributed by atoms with E-state index in [1.165, 1.54) is 0 Å². The largest absolute Gasteiger partial charge is 0.481 e. The Labute approximate surface area is 102 Å². The van der Waals surface area contributed by atoms with Crippen LogP contribution in [0.4, 0.5) is 0 Å². The van der Waals surface area contributed by atoms with Gasteiger partial charge in [-0.15, -0.1) is 0 Å². The van der Waals surface area contributed by atoms with E-state index in [9.17, 15) is 9.59 Å². The lowest BCUT2D eigenvalue weighted by Gasteiger charge is -2.24. The molecule has 0 saturated carbocycles. The van der Waals surface area contributed by atoms with E-state index in [1.807, 2.05) is 18.7 Å². The summed E-state index contributed by atoms with van der Waals surface area (Å²) in [5.41, 5.74) is 0. The number of hydrogen-bond donors (Lipinski definition) is 3. The van der Waals surface area contributed by atoms with E-state index in [0.29, 0.717) is 19.5 Å². The molecule has 6 heteroatoms. The molecule has 6 nitrogen and oxygen atoms in total. The highest BCUT2D eigenvalue weighted by Crippen LogP contribution is 1.96. The number of aliphatic hydroxyl groups is 1. The van der Waals surface area contributed by atoms with Gasteiger partial charge in [-0.2, -0.15) is 0 Å². The predicted molar refractivity (Wildman–Crippen MR) is 63.7 cm³/mol. The van der Waals surface area contributed by atoms with Crippen molar-refractivity contribution in [2.75, 3.05) is 26.2 Å². The van der Waals surface area contributed by atoms with E-state index in [-0.39, 0.29) is 31.5 Å². The molecule has 0 aromatic rings. The number of rotatable bonds is 9. The van der Waals surface area contributed by atoms with E-state index in [0.717, 1.165) is 0 Å². The first-order valence-corrected chi connectivity index (χ1v) is 5.80. The zero-order chi connectivity index (χ0) is 13.3. The molecular formula is C11H22N2O4. The Morgan fingerprint density at radius 3 is 2.47 bits per heavy atom. The second-order valence-corrected chi connectivity index (χ2v) is 4.14. The van der Waals surface area contributed by atoms with Gasteiger partial charge >= 0.3 is 5.97 Å². The van der Waals surface area contributed by atoms with Crippen molar-refractivity contribution in [1.82, 2.24) is 10.2 Å². The van der Waals surface area contributed by atoms with Crippen LogP contribution in [0.3, 0.4) is 0 Å². The first-order chi connectivity index (χ1) is 7.97. The van der Waals surface area contributed by atoms with Crippen LogP contribution in [0, 0.1) is 0 Å². The highest BCUT2D eigenvalue weighted by molar-refractivity contribution is 5.78. The van der Waals surface area contributed by atoms with Gasteiger partial charge in [0.25, 0.3) is 0 Å². The highest BCUT2D eigenvalue weighted by atomic mass is 16.4. The number of carbonyl (C=O) groups is 2. The standard InChI is InChI=1S/C11H22N2O4/c1-9(2)13(6-7-14)8-10(15)12-5-3-4-11(16)17/h9,14H,3-8H2,1-2H3,(H,12,15)(H,16,17). The van der Waals surface area contributed by atoms with Gasteiger partial charge in [0, 0.05) is 25.6 Å². The smallest absolute Gasteiger partial charge is 0.303 e. The van der Waals surface area contributed by atoms with Crippen molar-refractivity contribution in [2.45, 2.75) is 32.7 Å². The molecule has 0 spiro atoms. The Balaban J connectivity index is 3.78. The van der Waals surface area contributed by atoms with E-state index in [4.69, 9.17) is 10.2 Å². The number of nitrogens with one attached hydrogen (secondary N) is 1. The number of amides is 1. The van der Waals surface area contributed by atoms with Crippen LogP contribution in [0.1, 0.15) is 26.7 Å². The average molecular weight is 246 g/mol. The number of carboxylic acids is 1. The first kappa shape index (κ1) is 15.9. The molecular weight excluding hydrogens is 224 g/mol. The molecule has 0 fully saturated rings. The van der Waals surface area contributed by atoms with Gasteiger partial charge in [-0.1, -0.05) is 0 Å². The van der Waals surface area contributed by atoms with Gasteiger partial charge in [0.2, 0.25) is 5.91 Å². The number of hydrogen-bond acceptors (Lipinski definition) is 4. The molecule has 0 aromatic heterocycles. The van der Waals surface area contributed by atoms with Crippen LogP contribution in [0.2, 0.25) is 0 Å². The van der Waals surface area contributed by atoms with Crippen molar-refractivity contribution in [3.05, 3.63) is 0 Å². The van der Waals surface area contributed by atoms with Gasteiger partial charge in [0.15, 0.2) is 0 Å². The summed E-state index contributed by atoms with van der Waals surface area (Å²) in [6, 6.07) is 0.187. The summed E-state index contributed by atoms with van der Waals surface area (Å²) in [5.74, 6) is -0.999. The molecule has 100 valence electrons. The zero-order valence-corrected chi connectivity index (χ0v) is 10.5. The van der Waals surface area contributed by atoms with Crippen LogP contribution in [0.5, 0.6) is 0 Å². The lowest BCUT2D eigenvalue weighted by Crippen LogP contribution is -2.42. The van der Waals surface area contributed by atoms with Crippen molar-refractivity contribution >= 4 is 11.9 Å². The summed E-state index contributed by atoms with van der Waals surface area (Å²) in [6.45, 7) is 4.98. The van der Waals surface area contributed by atoms with Crippen LogP contribution < -0.4 is 5.32 Å². The minimum absolute atomic E-state index is 0.0183. The quantitative estimate of drug-likeness (QED) is 0.485. The fourth-order valence-electron chi connectivity index (χ4n) is 1.36. The van der Waals surface area contributed by atoms with Crippen molar-refractivity contribution < 1.29 is 19.8 Å². The maximum absolute atomic E-state index is 11.5. The molecule has 0 aromatic carbocycles. The fraction of sp³-hybridized carbons (Fsp3) is 0.818. The van der Waals surface area contributed by atoms with E-state index in [1.54, 1.807) is 0 Å². The third-order valence-corrected chi connectivity index (χ3v) is 2.35. The molecule has 17 heavy (non-hydrogen) atoms. The van der Waals surface area contributed by atoms with Crippen LogP contribution in [0.15, 0.2) is 0 Å². The molecule has 0 rings (SSSR count). The summed E-state index contributed by atoms with van der Waals surface area (Å²) in [7, 11) is 0.